The van der Waals surface area contributed by atoms with Crippen LogP contribution in [0.2, 0.25) is 5.15 Å². The molecule has 0 radical (unpaired) electrons. The Hall–Kier alpha value is -2.40. The molecule has 0 aliphatic rings. The Morgan fingerprint density at radius 1 is 1.17 bits per heavy atom. The molecule has 0 fully saturated rings. The van der Waals surface area contributed by atoms with E-state index >= 15 is 0 Å². The van der Waals surface area contributed by atoms with Gasteiger partial charge in [0.15, 0.2) is 5.78 Å². The van der Waals surface area contributed by atoms with Gasteiger partial charge >= 0.3 is 5.97 Å². The van der Waals surface area contributed by atoms with E-state index in [0.717, 1.165) is 5.69 Å². The molecule has 0 aliphatic carbocycles. The minimum Gasteiger partial charge on any atom is -0.465 e. The van der Waals surface area contributed by atoms with E-state index in [1.807, 2.05) is 31.1 Å². The summed E-state index contributed by atoms with van der Waals surface area (Å²) in [4.78, 5) is 31.0. The van der Waals surface area contributed by atoms with E-state index in [1.54, 1.807) is 25.1 Å². The lowest BCUT2D eigenvalue weighted by molar-refractivity contribution is -0.143. The van der Waals surface area contributed by atoms with Crippen molar-refractivity contribution < 1.29 is 14.3 Å². The molecule has 0 aliphatic heterocycles. The largest absolute Gasteiger partial charge is 0.465 e. The average molecular weight is 347 g/mol. The normalized spacial score (nSPS) is 11.7. The predicted octanol–water partition coefficient (Wildman–Crippen LogP) is 3.33. The fraction of sp³-hybridized carbons (Fsp3) is 0.278. The smallest absolute Gasteiger partial charge is 0.321 e. The minimum absolute atomic E-state index is 0.206. The highest BCUT2D eigenvalue weighted by Crippen LogP contribution is 2.25. The summed E-state index contributed by atoms with van der Waals surface area (Å²) in [6.45, 7) is 1.91. The number of ketones is 1. The second-order valence-electron chi connectivity index (χ2n) is 5.40. The topological polar surface area (TPSA) is 59.5 Å². The number of esters is 1. The second kappa shape index (κ2) is 7.93. The Morgan fingerprint density at radius 2 is 1.83 bits per heavy atom. The third-order valence-corrected chi connectivity index (χ3v) is 3.76. The summed E-state index contributed by atoms with van der Waals surface area (Å²) in [7, 11) is 3.84. The first-order valence-electron chi connectivity index (χ1n) is 7.53. The number of nitrogens with zero attached hydrogens (tertiary/aromatic N) is 2. The van der Waals surface area contributed by atoms with Crippen LogP contribution in [0.15, 0.2) is 42.6 Å². The van der Waals surface area contributed by atoms with Crippen LogP contribution in [0.3, 0.4) is 0 Å². The third kappa shape index (κ3) is 4.11. The van der Waals surface area contributed by atoms with Gasteiger partial charge in [0.2, 0.25) is 0 Å². The third-order valence-electron chi connectivity index (χ3n) is 3.54. The summed E-state index contributed by atoms with van der Waals surface area (Å²) in [6, 6.07) is 10.3. The lowest BCUT2D eigenvalue weighted by atomic mass is 9.91. The zero-order valence-electron chi connectivity index (χ0n) is 13.8. The van der Waals surface area contributed by atoms with Crippen LogP contribution >= 0.6 is 11.6 Å². The monoisotopic (exact) mass is 346 g/mol. The van der Waals surface area contributed by atoms with E-state index in [2.05, 4.69) is 4.98 Å². The van der Waals surface area contributed by atoms with Crippen molar-refractivity contribution in [3.8, 4) is 0 Å². The van der Waals surface area contributed by atoms with Gasteiger partial charge < -0.3 is 9.64 Å². The molecule has 6 heteroatoms. The standard InChI is InChI=1S/C18H19ClN2O3/c1-4-24-18(23)16(12-5-8-14(9-6-12)21(2)3)17(22)13-7-10-15(19)20-11-13/h5-11,16H,4H2,1-3H3. The Balaban J connectivity index is 2.38. The molecule has 0 bridgehead atoms. The van der Waals surface area contributed by atoms with Crippen molar-refractivity contribution in [2.45, 2.75) is 12.8 Å². The summed E-state index contributed by atoms with van der Waals surface area (Å²) in [5.41, 5.74) is 1.87. The number of halogens is 1. The van der Waals surface area contributed by atoms with E-state index in [0.29, 0.717) is 11.1 Å². The molecule has 1 aromatic carbocycles. The Morgan fingerprint density at radius 3 is 2.33 bits per heavy atom. The molecule has 0 saturated heterocycles. The van der Waals surface area contributed by atoms with Gasteiger partial charge in [-0.1, -0.05) is 23.7 Å². The van der Waals surface area contributed by atoms with Gasteiger partial charge in [0.25, 0.3) is 0 Å². The summed E-state index contributed by atoms with van der Waals surface area (Å²) < 4.78 is 5.09. The van der Waals surface area contributed by atoms with Crippen LogP contribution in [0.25, 0.3) is 0 Å². The molecule has 0 N–H and O–H groups in total. The molecular weight excluding hydrogens is 328 g/mol. The predicted molar refractivity (Wildman–Crippen MR) is 93.7 cm³/mol. The van der Waals surface area contributed by atoms with E-state index in [-0.39, 0.29) is 17.5 Å². The molecule has 24 heavy (non-hydrogen) atoms. The first-order chi connectivity index (χ1) is 11.4. The average Bonchev–Trinajstić information content (AvgIpc) is 2.56. The van der Waals surface area contributed by atoms with Gasteiger partial charge in [0.05, 0.1) is 6.61 Å². The van der Waals surface area contributed by atoms with Crippen LogP contribution in [0, 0.1) is 0 Å². The molecule has 1 aromatic heterocycles. The van der Waals surface area contributed by atoms with Gasteiger partial charge in [-0.15, -0.1) is 0 Å². The number of hydrogen-bond donors (Lipinski definition) is 0. The first kappa shape index (κ1) is 17.9. The minimum atomic E-state index is -1.02. The van der Waals surface area contributed by atoms with Crippen molar-refractivity contribution in [1.82, 2.24) is 4.98 Å². The molecule has 1 heterocycles. The van der Waals surface area contributed by atoms with Gasteiger partial charge in [-0.05, 0) is 36.8 Å². The molecule has 0 amide bonds. The van der Waals surface area contributed by atoms with Crippen LogP contribution in [-0.2, 0) is 9.53 Å². The van der Waals surface area contributed by atoms with E-state index in [1.165, 1.54) is 12.3 Å². The summed E-state index contributed by atoms with van der Waals surface area (Å²) in [5.74, 6) is -1.96. The highest BCUT2D eigenvalue weighted by molar-refractivity contribution is 6.29. The SMILES string of the molecule is CCOC(=O)C(C(=O)c1ccc(Cl)nc1)c1ccc(N(C)C)cc1. The molecule has 5 nitrogen and oxygen atoms in total. The zero-order valence-corrected chi connectivity index (χ0v) is 14.6. The Bertz CT molecular complexity index is 712. The fourth-order valence-electron chi connectivity index (χ4n) is 2.27. The summed E-state index contributed by atoms with van der Waals surface area (Å²) >= 11 is 5.75. The van der Waals surface area contributed by atoms with Crippen molar-refractivity contribution >= 4 is 29.0 Å². The van der Waals surface area contributed by atoms with E-state index in [9.17, 15) is 9.59 Å². The van der Waals surface area contributed by atoms with Gasteiger partial charge in [0.1, 0.15) is 11.1 Å². The van der Waals surface area contributed by atoms with Gasteiger partial charge in [0, 0.05) is 31.5 Å². The number of carbonyl (C=O) groups excluding carboxylic acids is 2. The van der Waals surface area contributed by atoms with E-state index in [4.69, 9.17) is 16.3 Å². The maximum absolute atomic E-state index is 12.8. The maximum atomic E-state index is 12.8. The Kier molecular flexibility index (Phi) is 5.93. The number of pyridine rings is 1. The summed E-state index contributed by atoms with van der Waals surface area (Å²) in [5, 5.41) is 0.287. The van der Waals surface area contributed by atoms with E-state index < -0.39 is 11.9 Å². The molecule has 0 spiro atoms. The Labute approximate surface area is 146 Å². The fourth-order valence-corrected chi connectivity index (χ4v) is 2.39. The molecular formula is C18H19ClN2O3. The number of benzene rings is 1. The molecule has 126 valence electrons. The molecule has 1 unspecified atom stereocenters. The number of carbonyl (C=O) groups is 2. The number of hydrogen-bond acceptors (Lipinski definition) is 5. The van der Waals surface area contributed by atoms with Gasteiger partial charge in [-0.25, -0.2) is 4.98 Å². The zero-order chi connectivity index (χ0) is 17.7. The van der Waals surface area contributed by atoms with Crippen molar-refractivity contribution in [3.05, 3.63) is 58.9 Å². The number of aromatic nitrogens is 1. The first-order valence-corrected chi connectivity index (χ1v) is 7.91. The second-order valence-corrected chi connectivity index (χ2v) is 5.79. The van der Waals surface area contributed by atoms with Crippen molar-refractivity contribution in [2.24, 2.45) is 0 Å². The molecule has 2 aromatic rings. The highest BCUT2D eigenvalue weighted by atomic mass is 35.5. The summed E-state index contributed by atoms with van der Waals surface area (Å²) in [6.07, 6.45) is 1.37. The van der Waals surface area contributed by atoms with Crippen molar-refractivity contribution in [1.29, 1.82) is 0 Å². The highest BCUT2D eigenvalue weighted by Gasteiger charge is 2.31. The van der Waals surface area contributed by atoms with Crippen molar-refractivity contribution in [2.75, 3.05) is 25.6 Å². The maximum Gasteiger partial charge on any atom is 0.321 e. The number of Topliss-reactive ketones (excluding diaryl/α,β-unsaturated/α-hetero) is 1. The lowest BCUT2D eigenvalue weighted by Gasteiger charge is -2.17. The number of ether oxygens (including phenoxy) is 1. The molecule has 1 atom stereocenters. The quantitative estimate of drug-likeness (QED) is 0.347. The number of anilines is 1. The molecule has 2 rings (SSSR count). The van der Waals surface area contributed by atoms with Crippen molar-refractivity contribution in [3.63, 3.8) is 0 Å². The lowest BCUT2D eigenvalue weighted by Crippen LogP contribution is -2.24. The van der Waals surface area contributed by atoms with Crippen LogP contribution in [0.4, 0.5) is 5.69 Å². The van der Waals surface area contributed by atoms with Crippen LogP contribution in [0.5, 0.6) is 0 Å². The van der Waals surface area contributed by atoms with Crippen LogP contribution in [0.1, 0.15) is 28.8 Å². The number of rotatable bonds is 6. The van der Waals surface area contributed by atoms with Gasteiger partial charge in [-0.3, -0.25) is 9.59 Å². The van der Waals surface area contributed by atoms with Crippen LogP contribution in [-0.4, -0.2) is 37.4 Å². The van der Waals surface area contributed by atoms with Crippen LogP contribution < -0.4 is 4.90 Å². The molecule has 0 saturated carbocycles. The van der Waals surface area contributed by atoms with Gasteiger partial charge in [-0.2, -0.15) is 0 Å².